The lowest BCUT2D eigenvalue weighted by atomic mass is 10.1. The molecule has 0 bridgehead atoms. The normalized spacial score (nSPS) is 14.2. The van der Waals surface area contributed by atoms with Crippen molar-refractivity contribution in [2.24, 2.45) is 0 Å². The lowest BCUT2D eigenvalue weighted by Gasteiger charge is -2.28. The summed E-state index contributed by atoms with van der Waals surface area (Å²) in [4.78, 5) is 12.6. The Morgan fingerprint density at radius 2 is 2.29 bits per heavy atom. The van der Waals surface area contributed by atoms with Gasteiger partial charge in [-0.2, -0.15) is 4.98 Å². The molecule has 5 nitrogen and oxygen atoms in total. The summed E-state index contributed by atoms with van der Waals surface area (Å²) in [6.45, 7) is 3.67. The fourth-order valence-electron chi connectivity index (χ4n) is 2.65. The Hall–Kier alpha value is -2.21. The molecule has 0 aromatic carbocycles. The molecule has 0 spiro atoms. The minimum Gasteiger partial charge on any atom is -0.351 e. The third kappa shape index (κ3) is 2.21. The number of hydrogen-bond donors (Lipinski definition) is 0. The van der Waals surface area contributed by atoms with Crippen LogP contribution in [0.15, 0.2) is 34.3 Å². The number of fused-ring (bicyclic) bond motifs is 1. The maximum atomic E-state index is 5.31. The summed E-state index contributed by atoms with van der Waals surface area (Å²) in [5, 5.41) is 6.04. The highest BCUT2D eigenvalue weighted by atomic mass is 32.1. The Bertz CT molecular complexity index is 779. The molecule has 3 aromatic heterocycles. The standard InChI is InChI=1S/C15H14N4OS/c1-10-17-15(20-18-10)12-3-2-6-16-14(12)19-7-4-13-11(9-19)5-8-21-13/h2-3,5-6,8H,4,7,9H2,1H3. The molecule has 4 heterocycles. The minimum atomic E-state index is 0.534. The molecule has 0 radical (unpaired) electrons. The quantitative estimate of drug-likeness (QED) is 0.728. The molecule has 0 atom stereocenters. The molecule has 0 aliphatic carbocycles. The van der Waals surface area contributed by atoms with E-state index in [-0.39, 0.29) is 0 Å². The van der Waals surface area contributed by atoms with Crippen LogP contribution in [0.2, 0.25) is 0 Å². The van der Waals surface area contributed by atoms with Crippen LogP contribution in [0.4, 0.5) is 5.82 Å². The molecule has 0 saturated heterocycles. The molecule has 106 valence electrons. The van der Waals surface area contributed by atoms with Gasteiger partial charge in [-0.25, -0.2) is 4.98 Å². The second kappa shape index (κ2) is 4.96. The zero-order valence-electron chi connectivity index (χ0n) is 11.6. The van der Waals surface area contributed by atoms with Crippen molar-refractivity contribution in [1.29, 1.82) is 0 Å². The van der Waals surface area contributed by atoms with E-state index in [0.717, 1.165) is 30.9 Å². The van der Waals surface area contributed by atoms with Crippen LogP contribution in [0.3, 0.4) is 0 Å². The predicted molar refractivity (Wildman–Crippen MR) is 81.3 cm³/mol. The van der Waals surface area contributed by atoms with Crippen molar-refractivity contribution in [3.8, 4) is 11.5 Å². The summed E-state index contributed by atoms with van der Waals surface area (Å²) in [6.07, 6.45) is 2.87. The Morgan fingerprint density at radius 3 is 3.14 bits per heavy atom. The second-order valence-corrected chi connectivity index (χ2v) is 6.06. The summed E-state index contributed by atoms with van der Waals surface area (Å²) in [5.74, 6) is 2.09. The third-order valence-electron chi connectivity index (χ3n) is 3.65. The summed E-state index contributed by atoms with van der Waals surface area (Å²) >= 11 is 1.84. The first kappa shape index (κ1) is 12.5. The van der Waals surface area contributed by atoms with Gasteiger partial charge in [0.25, 0.3) is 5.89 Å². The highest BCUT2D eigenvalue weighted by molar-refractivity contribution is 7.10. The van der Waals surface area contributed by atoms with Crippen LogP contribution >= 0.6 is 11.3 Å². The van der Waals surface area contributed by atoms with Crippen molar-refractivity contribution in [2.45, 2.75) is 19.9 Å². The topological polar surface area (TPSA) is 55.1 Å². The number of anilines is 1. The van der Waals surface area contributed by atoms with Crippen molar-refractivity contribution >= 4 is 17.2 Å². The van der Waals surface area contributed by atoms with Gasteiger partial charge in [0.15, 0.2) is 5.82 Å². The van der Waals surface area contributed by atoms with Gasteiger partial charge in [0.2, 0.25) is 0 Å². The average molecular weight is 298 g/mol. The predicted octanol–water partition coefficient (Wildman–Crippen LogP) is 3.06. The molecule has 0 unspecified atom stereocenters. The van der Waals surface area contributed by atoms with E-state index in [1.54, 1.807) is 0 Å². The third-order valence-corrected chi connectivity index (χ3v) is 4.67. The van der Waals surface area contributed by atoms with E-state index in [9.17, 15) is 0 Å². The van der Waals surface area contributed by atoms with Gasteiger partial charge in [-0.3, -0.25) is 0 Å². The number of nitrogens with zero attached hydrogens (tertiary/aromatic N) is 4. The van der Waals surface area contributed by atoms with Crippen LogP contribution in [0.5, 0.6) is 0 Å². The Kier molecular flexibility index (Phi) is 2.96. The molecule has 4 rings (SSSR count). The summed E-state index contributed by atoms with van der Waals surface area (Å²) < 4.78 is 5.31. The molecule has 3 aromatic rings. The molecule has 0 fully saturated rings. The van der Waals surface area contributed by atoms with Crippen LogP contribution < -0.4 is 4.90 Å². The van der Waals surface area contributed by atoms with E-state index in [1.807, 2.05) is 36.6 Å². The van der Waals surface area contributed by atoms with E-state index < -0.39 is 0 Å². The lowest BCUT2D eigenvalue weighted by molar-refractivity contribution is 0.425. The summed E-state index contributed by atoms with van der Waals surface area (Å²) in [7, 11) is 0. The van der Waals surface area contributed by atoms with E-state index in [4.69, 9.17) is 4.52 Å². The van der Waals surface area contributed by atoms with Crippen molar-refractivity contribution < 1.29 is 4.52 Å². The van der Waals surface area contributed by atoms with Gasteiger partial charge in [0.1, 0.15) is 5.82 Å². The molecular weight excluding hydrogens is 284 g/mol. The fourth-order valence-corrected chi connectivity index (χ4v) is 3.54. The van der Waals surface area contributed by atoms with Crippen LogP contribution in [-0.4, -0.2) is 21.7 Å². The molecular formula is C15H14N4OS. The van der Waals surface area contributed by atoms with E-state index >= 15 is 0 Å². The van der Waals surface area contributed by atoms with E-state index in [2.05, 4.69) is 31.5 Å². The maximum absolute atomic E-state index is 5.31. The minimum absolute atomic E-state index is 0.534. The van der Waals surface area contributed by atoms with Crippen LogP contribution in [-0.2, 0) is 13.0 Å². The van der Waals surface area contributed by atoms with Gasteiger partial charge in [-0.05, 0) is 42.5 Å². The van der Waals surface area contributed by atoms with Crippen LogP contribution in [0.1, 0.15) is 16.3 Å². The largest absolute Gasteiger partial charge is 0.351 e. The van der Waals surface area contributed by atoms with Crippen LogP contribution in [0.25, 0.3) is 11.5 Å². The van der Waals surface area contributed by atoms with E-state index in [1.165, 1.54) is 10.4 Å². The molecule has 21 heavy (non-hydrogen) atoms. The SMILES string of the molecule is Cc1noc(-c2cccnc2N2CCc3sccc3C2)n1. The maximum Gasteiger partial charge on any atom is 0.261 e. The number of rotatable bonds is 2. The van der Waals surface area contributed by atoms with Gasteiger partial charge < -0.3 is 9.42 Å². The summed E-state index contributed by atoms with van der Waals surface area (Å²) in [6, 6.07) is 6.09. The van der Waals surface area contributed by atoms with Crippen molar-refractivity contribution in [2.75, 3.05) is 11.4 Å². The Labute approximate surface area is 126 Å². The van der Waals surface area contributed by atoms with Gasteiger partial charge >= 0.3 is 0 Å². The first-order valence-corrected chi connectivity index (χ1v) is 7.75. The first-order chi connectivity index (χ1) is 10.3. The zero-order valence-corrected chi connectivity index (χ0v) is 12.4. The van der Waals surface area contributed by atoms with Gasteiger partial charge in [-0.1, -0.05) is 5.16 Å². The summed E-state index contributed by atoms with van der Waals surface area (Å²) in [5.41, 5.74) is 2.29. The van der Waals surface area contributed by atoms with Crippen LogP contribution in [0, 0.1) is 6.92 Å². The number of aryl methyl sites for hydroxylation is 1. The zero-order chi connectivity index (χ0) is 14.2. The molecule has 6 heteroatoms. The monoisotopic (exact) mass is 298 g/mol. The smallest absolute Gasteiger partial charge is 0.261 e. The number of hydrogen-bond acceptors (Lipinski definition) is 6. The fraction of sp³-hybridized carbons (Fsp3) is 0.267. The first-order valence-electron chi connectivity index (χ1n) is 6.87. The number of thiophene rings is 1. The highest BCUT2D eigenvalue weighted by Gasteiger charge is 2.22. The molecule has 0 amide bonds. The molecule has 1 aliphatic heterocycles. The molecule has 0 saturated carbocycles. The number of aromatic nitrogens is 3. The van der Waals surface area contributed by atoms with Crippen molar-refractivity contribution in [3.05, 3.63) is 46.0 Å². The van der Waals surface area contributed by atoms with E-state index in [0.29, 0.717) is 11.7 Å². The molecule has 1 aliphatic rings. The van der Waals surface area contributed by atoms with Gasteiger partial charge in [0, 0.05) is 24.2 Å². The van der Waals surface area contributed by atoms with Gasteiger partial charge in [-0.15, -0.1) is 11.3 Å². The Morgan fingerprint density at radius 1 is 1.33 bits per heavy atom. The van der Waals surface area contributed by atoms with Gasteiger partial charge in [0.05, 0.1) is 5.56 Å². The average Bonchev–Trinajstić information content (AvgIpc) is 3.15. The Balaban J connectivity index is 1.73. The lowest BCUT2D eigenvalue weighted by Crippen LogP contribution is -2.30. The molecule has 0 N–H and O–H groups in total. The highest BCUT2D eigenvalue weighted by Crippen LogP contribution is 2.32. The number of pyridine rings is 1. The van der Waals surface area contributed by atoms with Crippen molar-refractivity contribution in [3.63, 3.8) is 0 Å². The second-order valence-electron chi connectivity index (χ2n) is 5.06. The van der Waals surface area contributed by atoms with Crippen molar-refractivity contribution in [1.82, 2.24) is 15.1 Å².